The Balaban J connectivity index is 2.46. The van der Waals surface area contributed by atoms with Crippen LogP contribution in [0.1, 0.15) is 35.7 Å². The average Bonchev–Trinajstić information content (AvgIpc) is 2.54. The highest BCUT2D eigenvalue weighted by Gasteiger charge is 2.49. The number of hydrogen-bond acceptors (Lipinski definition) is 4. The van der Waals surface area contributed by atoms with Crippen LogP contribution in [0.4, 0.5) is 0 Å². The maximum atomic E-state index is 11.7. The second-order valence-electron chi connectivity index (χ2n) is 3.75. The summed E-state index contributed by atoms with van der Waals surface area (Å²) in [5, 5.41) is 10.1. The third-order valence-corrected chi connectivity index (χ3v) is 2.61. The molecule has 1 N–H and O–H groups in total. The Morgan fingerprint density at radius 1 is 1.44 bits per heavy atom. The smallest absolute Gasteiger partial charge is 0.341 e. The number of aliphatic hydroxyl groups is 1. The van der Waals surface area contributed by atoms with E-state index in [2.05, 4.69) is 0 Å². The first-order valence-electron chi connectivity index (χ1n) is 5.18. The number of carbonyl (C=O) groups excluding carboxylic acids is 2. The summed E-state index contributed by atoms with van der Waals surface area (Å²) in [7, 11) is 0. The molecule has 0 radical (unpaired) electrons. The summed E-state index contributed by atoms with van der Waals surface area (Å²) in [6, 6.07) is 6.39. The molecule has 0 aromatic heterocycles. The first-order valence-corrected chi connectivity index (χ1v) is 5.18. The molecule has 0 saturated carbocycles. The van der Waals surface area contributed by atoms with Crippen LogP contribution >= 0.6 is 0 Å². The summed E-state index contributed by atoms with van der Waals surface area (Å²) in [5.74, 6) is -3.21. The number of hydrogen-bond donors (Lipinski definition) is 1. The zero-order chi connectivity index (χ0) is 11.8. The van der Waals surface area contributed by atoms with Crippen LogP contribution in [-0.2, 0) is 15.3 Å². The van der Waals surface area contributed by atoms with E-state index in [1.165, 1.54) is 12.1 Å². The highest BCUT2D eigenvalue weighted by molar-refractivity contribution is 6.01. The molecule has 0 unspecified atom stereocenters. The van der Waals surface area contributed by atoms with Crippen molar-refractivity contribution in [3.05, 3.63) is 35.4 Å². The third-order valence-electron chi connectivity index (χ3n) is 2.61. The van der Waals surface area contributed by atoms with Gasteiger partial charge >= 0.3 is 5.97 Å². The first-order chi connectivity index (χ1) is 7.59. The summed E-state index contributed by atoms with van der Waals surface area (Å²) in [6.45, 7) is 1.82. The molecule has 1 aliphatic rings. The van der Waals surface area contributed by atoms with Gasteiger partial charge in [0.15, 0.2) is 0 Å². The zero-order valence-corrected chi connectivity index (χ0v) is 8.90. The van der Waals surface area contributed by atoms with Gasteiger partial charge in [-0.15, -0.1) is 0 Å². The average molecular weight is 220 g/mol. The van der Waals surface area contributed by atoms with Gasteiger partial charge in [-0.05, 0) is 12.5 Å². The topological polar surface area (TPSA) is 63.6 Å². The first kappa shape index (κ1) is 10.8. The zero-order valence-electron chi connectivity index (χ0n) is 8.90. The summed E-state index contributed by atoms with van der Waals surface area (Å²) < 4.78 is 4.80. The number of rotatable bonds is 3. The fraction of sp³-hybridized carbons (Fsp3) is 0.333. The minimum absolute atomic E-state index is 0.179. The number of ketones is 1. The van der Waals surface area contributed by atoms with Gasteiger partial charge in [0.1, 0.15) is 0 Å². The molecule has 4 heteroatoms. The van der Waals surface area contributed by atoms with E-state index in [0.717, 1.165) is 0 Å². The Morgan fingerprint density at radius 2 is 2.12 bits per heavy atom. The van der Waals surface area contributed by atoms with E-state index < -0.39 is 17.5 Å². The van der Waals surface area contributed by atoms with E-state index in [1.54, 1.807) is 12.1 Å². The van der Waals surface area contributed by atoms with Gasteiger partial charge in [-0.2, -0.15) is 0 Å². The maximum Gasteiger partial charge on any atom is 0.341 e. The minimum atomic E-state index is -2.08. The Kier molecular flexibility index (Phi) is 2.52. The molecule has 4 nitrogen and oxygen atoms in total. The summed E-state index contributed by atoms with van der Waals surface area (Å²) in [6.07, 6.45) is 0.777. The predicted octanol–water partition coefficient (Wildman–Crippen LogP) is 1.37. The van der Waals surface area contributed by atoms with E-state index in [9.17, 15) is 14.7 Å². The molecule has 0 fully saturated rings. The Bertz CT molecular complexity index is 452. The van der Waals surface area contributed by atoms with Crippen molar-refractivity contribution in [2.45, 2.75) is 25.6 Å². The van der Waals surface area contributed by atoms with Crippen LogP contribution in [-0.4, -0.2) is 16.9 Å². The summed E-state index contributed by atoms with van der Waals surface area (Å²) in [4.78, 5) is 23.2. The highest BCUT2D eigenvalue weighted by Crippen LogP contribution is 2.35. The Morgan fingerprint density at radius 3 is 2.81 bits per heavy atom. The quantitative estimate of drug-likeness (QED) is 0.781. The molecule has 16 heavy (non-hydrogen) atoms. The standard InChI is InChI=1S/C12H12O4/c1-2-5-10(13)12(15)9-7-4-3-6-8(9)11(14)16-12/h3-4,6-7,15H,2,5H2,1H3/t12-/m0/s1. The molecule has 84 valence electrons. The van der Waals surface area contributed by atoms with E-state index in [4.69, 9.17) is 4.74 Å². The third kappa shape index (κ3) is 1.42. The molecule has 2 rings (SSSR count). The number of esters is 1. The molecule has 1 atom stereocenters. The number of ether oxygens (including phenoxy) is 1. The van der Waals surface area contributed by atoms with Gasteiger partial charge in [-0.25, -0.2) is 4.79 Å². The molecule has 1 heterocycles. The van der Waals surface area contributed by atoms with Crippen LogP contribution in [0.2, 0.25) is 0 Å². The van der Waals surface area contributed by atoms with Crippen molar-refractivity contribution in [2.75, 3.05) is 0 Å². The molecule has 1 aromatic carbocycles. The van der Waals surface area contributed by atoms with Gasteiger partial charge in [0.05, 0.1) is 5.56 Å². The van der Waals surface area contributed by atoms with Crippen LogP contribution < -0.4 is 0 Å². The lowest BCUT2D eigenvalue weighted by Gasteiger charge is -2.20. The lowest BCUT2D eigenvalue weighted by atomic mass is 9.97. The number of benzene rings is 1. The number of carbonyl (C=O) groups is 2. The van der Waals surface area contributed by atoms with Crippen molar-refractivity contribution in [3.8, 4) is 0 Å². The number of cyclic esters (lactones) is 1. The minimum Gasteiger partial charge on any atom is -0.417 e. The van der Waals surface area contributed by atoms with Gasteiger partial charge in [0, 0.05) is 12.0 Å². The summed E-state index contributed by atoms with van der Waals surface area (Å²) in [5.41, 5.74) is 0.507. The monoisotopic (exact) mass is 220 g/mol. The van der Waals surface area contributed by atoms with Crippen molar-refractivity contribution in [2.24, 2.45) is 0 Å². The van der Waals surface area contributed by atoms with Gasteiger partial charge in [0.2, 0.25) is 5.78 Å². The van der Waals surface area contributed by atoms with Crippen LogP contribution in [0, 0.1) is 0 Å². The van der Waals surface area contributed by atoms with Crippen LogP contribution in [0.5, 0.6) is 0 Å². The van der Waals surface area contributed by atoms with Crippen molar-refractivity contribution in [1.29, 1.82) is 0 Å². The summed E-state index contributed by atoms with van der Waals surface area (Å²) >= 11 is 0. The van der Waals surface area contributed by atoms with Crippen molar-refractivity contribution in [1.82, 2.24) is 0 Å². The van der Waals surface area contributed by atoms with Crippen molar-refractivity contribution in [3.63, 3.8) is 0 Å². The molecule has 0 amide bonds. The lowest BCUT2D eigenvalue weighted by molar-refractivity contribution is -0.183. The van der Waals surface area contributed by atoms with Gasteiger partial charge < -0.3 is 9.84 Å². The Labute approximate surface area is 92.8 Å². The van der Waals surface area contributed by atoms with E-state index in [0.29, 0.717) is 6.42 Å². The fourth-order valence-electron chi connectivity index (χ4n) is 1.80. The Hall–Kier alpha value is -1.68. The van der Waals surface area contributed by atoms with Gasteiger partial charge in [-0.1, -0.05) is 25.1 Å². The normalized spacial score (nSPS) is 22.8. The largest absolute Gasteiger partial charge is 0.417 e. The molecule has 0 bridgehead atoms. The maximum absolute atomic E-state index is 11.7. The lowest BCUT2D eigenvalue weighted by Crippen LogP contribution is -2.35. The van der Waals surface area contributed by atoms with Crippen molar-refractivity contribution >= 4 is 11.8 Å². The van der Waals surface area contributed by atoms with Gasteiger partial charge in [-0.3, -0.25) is 4.79 Å². The number of Topliss-reactive ketones (excluding diaryl/α,β-unsaturated/α-hetero) is 1. The molecular weight excluding hydrogens is 208 g/mol. The second kappa shape index (κ2) is 3.72. The molecule has 0 saturated heterocycles. The SMILES string of the molecule is CCCC(=O)[C@@]1(O)OC(=O)c2ccccc21. The molecule has 0 aliphatic carbocycles. The predicted molar refractivity (Wildman–Crippen MR) is 55.7 cm³/mol. The molecular formula is C12H12O4. The van der Waals surface area contributed by atoms with E-state index in [-0.39, 0.29) is 17.5 Å². The van der Waals surface area contributed by atoms with E-state index in [1.807, 2.05) is 6.92 Å². The molecule has 1 aliphatic heterocycles. The number of fused-ring (bicyclic) bond motifs is 1. The molecule has 0 spiro atoms. The molecule has 1 aromatic rings. The highest BCUT2D eigenvalue weighted by atomic mass is 16.7. The van der Waals surface area contributed by atoms with Crippen molar-refractivity contribution < 1.29 is 19.4 Å². The van der Waals surface area contributed by atoms with Crippen LogP contribution in [0.25, 0.3) is 0 Å². The van der Waals surface area contributed by atoms with Gasteiger partial charge in [0.25, 0.3) is 5.79 Å². The van der Waals surface area contributed by atoms with E-state index >= 15 is 0 Å². The second-order valence-corrected chi connectivity index (χ2v) is 3.75. The van der Waals surface area contributed by atoms with Crippen LogP contribution in [0.15, 0.2) is 24.3 Å². The van der Waals surface area contributed by atoms with Crippen LogP contribution in [0.3, 0.4) is 0 Å². The fourth-order valence-corrected chi connectivity index (χ4v) is 1.80.